The van der Waals surface area contributed by atoms with Gasteiger partial charge in [-0.3, -0.25) is 4.79 Å². The molecule has 18 heavy (non-hydrogen) atoms. The van der Waals surface area contributed by atoms with E-state index in [2.05, 4.69) is 0 Å². The molecular weight excluding hydrogens is 255 g/mol. The van der Waals surface area contributed by atoms with E-state index in [1.54, 1.807) is 37.5 Å². The average molecular weight is 267 g/mol. The smallest absolute Gasteiger partial charge is 0.232 e. The number of furan rings is 1. The van der Waals surface area contributed by atoms with Gasteiger partial charge in [0.2, 0.25) is 5.24 Å². The van der Waals surface area contributed by atoms with Crippen LogP contribution in [0.25, 0.3) is 0 Å². The topological polar surface area (TPSA) is 30.2 Å². The molecular formula is C14H12ClFO2. The predicted octanol–water partition coefficient (Wildman–Crippen LogP) is 3.68. The van der Waals surface area contributed by atoms with Crippen LogP contribution in [0.5, 0.6) is 0 Å². The molecule has 2 nitrogen and oxygen atoms in total. The molecule has 4 heteroatoms. The number of hydrogen-bond donors (Lipinski definition) is 0. The van der Waals surface area contributed by atoms with Crippen LogP contribution in [0.1, 0.15) is 18.2 Å². The standard InChI is InChI=1S/C14H12ClFO2/c1-14(13(15)17,9-12-3-2-8-18-12)10-4-6-11(16)7-5-10/h2-8H,9H2,1H3. The Morgan fingerprint density at radius 3 is 2.50 bits per heavy atom. The number of halogens is 2. The molecule has 0 aliphatic heterocycles. The van der Waals surface area contributed by atoms with Gasteiger partial charge in [0.05, 0.1) is 11.7 Å². The van der Waals surface area contributed by atoms with Gasteiger partial charge in [0.1, 0.15) is 11.6 Å². The van der Waals surface area contributed by atoms with Crippen molar-refractivity contribution in [2.24, 2.45) is 0 Å². The molecule has 0 radical (unpaired) electrons. The van der Waals surface area contributed by atoms with E-state index in [9.17, 15) is 9.18 Å². The summed E-state index contributed by atoms with van der Waals surface area (Å²) in [4.78, 5) is 11.7. The second-order valence-electron chi connectivity index (χ2n) is 4.37. The van der Waals surface area contributed by atoms with Crippen LogP contribution in [0.4, 0.5) is 4.39 Å². The van der Waals surface area contributed by atoms with Crippen molar-refractivity contribution >= 4 is 16.8 Å². The van der Waals surface area contributed by atoms with Crippen molar-refractivity contribution in [3.8, 4) is 0 Å². The average Bonchev–Trinajstić information content (AvgIpc) is 2.82. The fourth-order valence-electron chi connectivity index (χ4n) is 1.86. The van der Waals surface area contributed by atoms with E-state index in [0.29, 0.717) is 17.7 Å². The number of hydrogen-bond acceptors (Lipinski definition) is 2. The number of rotatable bonds is 4. The van der Waals surface area contributed by atoms with Crippen molar-refractivity contribution in [1.82, 2.24) is 0 Å². The molecule has 0 fully saturated rings. The van der Waals surface area contributed by atoms with E-state index < -0.39 is 10.7 Å². The summed E-state index contributed by atoms with van der Waals surface area (Å²) in [5.41, 5.74) is -0.257. The molecule has 0 amide bonds. The maximum atomic E-state index is 12.9. The quantitative estimate of drug-likeness (QED) is 0.790. The van der Waals surface area contributed by atoms with Crippen LogP contribution < -0.4 is 0 Å². The van der Waals surface area contributed by atoms with Gasteiger partial charge in [0.25, 0.3) is 0 Å². The van der Waals surface area contributed by atoms with Gasteiger partial charge in [0, 0.05) is 6.42 Å². The van der Waals surface area contributed by atoms with E-state index in [0.717, 1.165) is 0 Å². The van der Waals surface area contributed by atoms with E-state index in [1.807, 2.05) is 0 Å². The molecule has 0 bridgehead atoms. The van der Waals surface area contributed by atoms with Gasteiger partial charge >= 0.3 is 0 Å². The largest absolute Gasteiger partial charge is 0.469 e. The van der Waals surface area contributed by atoms with Gasteiger partial charge in [-0.2, -0.15) is 0 Å². The van der Waals surface area contributed by atoms with Gasteiger partial charge in [0.15, 0.2) is 0 Å². The fourth-order valence-corrected chi connectivity index (χ4v) is 2.04. The first-order valence-corrected chi connectivity index (χ1v) is 5.88. The lowest BCUT2D eigenvalue weighted by Crippen LogP contribution is -2.31. The first kappa shape index (κ1) is 12.8. The minimum atomic E-state index is -0.924. The first-order valence-electron chi connectivity index (χ1n) is 5.51. The molecule has 2 aromatic rings. The lowest BCUT2D eigenvalue weighted by atomic mass is 9.80. The minimum Gasteiger partial charge on any atom is -0.469 e. The Bertz CT molecular complexity index is 533. The molecule has 1 unspecified atom stereocenters. The molecule has 94 valence electrons. The molecule has 1 aromatic heterocycles. The third-order valence-electron chi connectivity index (χ3n) is 3.02. The molecule has 0 saturated carbocycles. The highest BCUT2D eigenvalue weighted by Gasteiger charge is 2.35. The van der Waals surface area contributed by atoms with Crippen molar-refractivity contribution in [1.29, 1.82) is 0 Å². The van der Waals surface area contributed by atoms with E-state index in [-0.39, 0.29) is 5.82 Å². The normalized spacial score (nSPS) is 14.2. The van der Waals surface area contributed by atoms with Crippen LogP contribution in [0.15, 0.2) is 47.1 Å². The van der Waals surface area contributed by atoms with Crippen molar-refractivity contribution in [3.63, 3.8) is 0 Å². The van der Waals surface area contributed by atoms with Crippen LogP contribution in [-0.2, 0) is 16.6 Å². The molecule has 1 heterocycles. The summed E-state index contributed by atoms with van der Waals surface area (Å²) < 4.78 is 18.2. The SMILES string of the molecule is CC(Cc1ccco1)(C(=O)Cl)c1ccc(F)cc1. The number of carbonyl (C=O) groups excluding carboxylic acids is 1. The second kappa shape index (κ2) is 4.94. The highest BCUT2D eigenvalue weighted by molar-refractivity contribution is 6.65. The van der Waals surface area contributed by atoms with Crippen molar-refractivity contribution < 1.29 is 13.6 Å². The third kappa shape index (κ3) is 2.46. The van der Waals surface area contributed by atoms with Crippen molar-refractivity contribution in [3.05, 3.63) is 59.8 Å². The predicted molar refractivity (Wildman–Crippen MR) is 67.0 cm³/mol. The highest BCUT2D eigenvalue weighted by atomic mass is 35.5. The third-order valence-corrected chi connectivity index (χ3v) is 3.44. The van der Waals surface area contributed by atoms with E-state index >= 15 is 0 Å². The summed E-state index contributed by atoms with van der Waals surface area (Å²) in [7, 11) is 0. The number of benzene rings is 1. The Morgan fingerprint density at radius 2 is 2.00 bits per heavy atom. The van der Waals surface area contributed by atoms with Crippen LogP contribution in [-0.4, -0.2) is 5.24 Å². The lowest BCUT2D eigenvalue weighted by molar-refractivity contribution is -0.116. The summed E-state index contributed by atoms with van der Waals surface area (Å²) in [5.74, 6) is 0.317. The summed E-state index contributed by atoms with van der Waals surface area (Å²) in [6.45, 7) is 1.72. The minimum absolute atomic E-state index is 0.341. The van der Waals surface area contributed by atoms with Crippen LogP contribution in [0.2, 0.25) is 0 Å². The molecule has 1 atom stereocenters. The zero-order chi connectivity index (χ0) is 13.2. The summed E-state index contributed by atoms with van der Waals surface area (Å²) in [6, 6.07) is 9.29. The maximum absolute atomic E-state index is 12.9. The highest BCUT2D eigenvalue weighted by Crippen LogP contribution is 2.31. The zero-order valence-corrected chi connectivity index (χ0v) is 10.6. The van der Waals surface area contributed by atoms with Crippen molar-refractivity contribution in [2.45, 2.75) is 18.8 Å². The molecule has 0 N–H and O–H groups in total. The summed E-state index contributed by atoms with van der Waals surface area (Å²) in [6.07, 6.45) is 1.88. The Morgan fingerprint density at radius 1 is 1.33 bits per heavy atom. The lowest BCUT2D eigenvalue weighted by Gasteiger charge is -2.24. The Kier molecular flexibility index (Phi) is 3.53. The van der Waals surface area contributed by atoms with Crippen LogP contribution >= 0.6 is 11.6 Å². The van der Waals surface area contributed by atoms with Gasteiger partial charge in [-0.15, -0.1) is 0 Å². The molecule has 2 rings (SSSR count). The fraction of sp³-hybridized carbons (Fsp3) is 0.214. The summed E-state index contributed by atoms with van der Waals surface area (Å²) in [5, 5.41) is -0.495. The Labute approximate surface area is 109 Å². The molecule has 0 aliphatic carbocycles. The van der Waals surface area contributed by atoms with Gasteiger partial charge in [-0.25, -0.2) is 4.39 Å². The van der Waals surface area contributed by atoms with Crippen LogP contribution in [0.3, 0.4) is 0 Å². The molecule has 0 aliphatic rings. The van der Waals surface area contributed by atoms with Gasteiger partial charge in [-0.05, 0) is 48.4 Å². The van der Waals surface area contributed by atoms with Crippen LogP contribution in [0, 0.1) is 5.82 Å². The maximum Gasteiger partial charge on any atom is 0.232 e. The second-order valence-corrected chi connectivity index (χ2v) is 4.71. The Hall–Kier alpha value is -1.61. The molecule has 0 spiro atoms. The van der Waals surface area contributed by atoms with Gasteiger partial charge < -0.3 is 4.42 Å². The number of carbonyl (C=O) groups is 1. The van der Waals surface area contributed by atoms with Gasteiger partial charge in [-0.1, -0.05) is 12.1 Å². The monoisotopic (exact) mass is 266 g/mol. The van der Waals surface area contributed by atoms with Crippen molar-refractivity contribution in [2.75, 3.05) is 0 Å². The summed E-state index contributed by atoms with van der Waals surface area (Å²) >= 11 is 5.70. The Balaban J connectivity index is 2.37. The van der Waals surface area contributed by atoms with E-state index in [4.69, 9.17) is 16.0 Å². The zero-order valence-electron chi connectivity index (χ0n) is 9.82. The molecule has 1 aromatic carbocycles. The first-order chi connectivity index (χ1) is 8.52. The van der Waals surface area contributed by atoms with E-state index in [1.165, 1.54) is 12.1 Å². The molecule has 0 saturated heterocycles.